The number of fused-ring (bicyclic) bond motifs is 3. The number of hydrogen-bond donors (Lipinski definition) is 2. The van der Waals surface area contributed by atoms with Gasteiger partial charge in [-0.3, -0.25) is 0 Å². The van der Waals surface area contributed by atoms with Crippen molar-refractivity contribution in [3.63, 3.8) is 0 Å². The van der Waals surface area contributed by atoms with Crippen LogP contribution in [-0.4, -0.2) is 6.54 Å². The lowest BCUT2D eigenvalue weighted by Crippen LogP contribution is -2.08. The maximum Gasteiger partial charge on any atom is 0.0328 e. The zero-order chi connectivity index (χ0) is 29.3. The summed E-state index contributed by atoms with van der Waals surface area (Å²) in [5.41, 5.74) is 16.5. The van der Waals surface area contributed by atoms with Gasteiger partial charge in [0.1, 0.15) is 0 Å². The van der Waals surface area contributed by atoms with Crippen molar-refractivity contribution in [3.8, 4) is 22.3 Å². The normalized spacial score (nSPS) is 13.9. The van der Waals surface area contributed by atoms with Gasteiger partial charge in [-0.2, -0.15) is 0 Å². The smallest absolute Gasteiger partial charge is 0.0328 e. The van der Waals surface area contributed by atoms with Gasteiger partial charge in [-0.05, 0) is 96.8 Å². The maximum absolute atomic E-state index is 6.01. The molecule has 0 radical (unpaired) electrons. The van der Waals surface area contributed by atoms with Gasteiger partial charge in [0.15, 0.2) is 0 Å². The summed E-state index contributed by atoms with van der Waals surface area (Å²) in [5, 5.41) is 10.9. The third-order valence-electron chi connectivity index (χ3n) is 8.43. The molecule has 43 heavy (non-hydrogen) atoms. The van der Waals surface area contributed by atoms with Crippen LogP contribution in [0.1, 0.15) is 25.0 Å². The second-order valence-corrected chi connectivity index (χ2v) is 11.2. The Morgan fingerprint density at radius 3 is 1.72 bits per heavy atom. The SMILES string of the molecule is C/C=C(\C=C(\C)N)c1ccc(-c2c3ccccc3c(-c3ccc(C4=CNCC=C4)c4ccccc34)c3ccccc23)cc1. The quantitative estimate of drug-likeness (QED) is 0.164. The largest absolute Gasteiger partial charge is 0.402 e. The molecule has 2 nitrogen and oxygen atoms in total. The van der Waals surface area contributed by atoms with Crippen molar-refractivity contribution in [2.24, 2.45) is 5.73 Å². The molecule has 0 saturated carbocycles. The van der Waals surface area contributed by atoms with Crippen LogP contribution in [0.2, 0.25) is 0 Å². The molecule has 208 valence electrons. The van der Waals surface area contributed by atoms with E-state index in [0.29, 0.717) is 0 Å². The van der Waals surface area contributed by atoms with Gasteiger partial charge in [-0.1, -0.05) is 127 Å². The summed E-state index contributed by atoms with van der Waals surface area (Å²) in [7, 11) is 0. The van der Waals surface area contributed by atoms with Crippen LogP contribution in [0.15, 0.2) is 145 Å². The first-order valence-electron chi connectivity index (χ1n) is 14.9. The number of benzene rings is 6. The predicted molar refractivity (Wildman–Crippen MR) is 187 cm³/mol. The summed E-state index contributed by atoms with van der Waals surface area (Å²) in [6.45, 7) is 4.85. The molecule has 0 spiro atoms. The number of allylic oxidation sites excluding steroid dienone is 6. The summed E-state index contributed by atoms with van der Waals surface area (Å²) >= 11 is 0. The monoisotopic (exact) mass is 554 g/mol. The molecule has 2 heteroatoms. The van der Waals surface area contributed by atoms with Gasteiger partial charge < -0.3 is 11.1 Å². The van der Waals surface area contributed by atoms with Gasteiger partial charge in [0.25, 0.3) is 0 Å². The van der Waals surface area contributed by atoms with Gasteiger partial charge >= 0.3 is 0 Å². The van der Waals surface area contributed by atoms with Crippen molar-refractivity contribution >= 4 is 43.5 Å². The van der Waals surface area contributed by atoms with E-state index in [1.807, 2.05) is 13.0 Å². The van der Waals surface area contributed by atoms with E-state index in [4.69, 9.17) is 5.73 Å². The van der Waals surface area contributed by atoms with Crippen molar-refractivity contribution in [2.75, 3.05) is 6.54 Å². The molecule has 6 aromatic carbocycles. The van der Waals surface area contributed by atoms with Gasteiger partial charge in [0, 0.05) is 18.4 Å². The molecule has 6 aromatic rings. The van der Waals surface area contributed by atoms with Crippen molar-refractivity contribution in [2.45, 2.75) is 13.8 Å². The van der Waals surface area contributed by atoms with Crippen LogP contribution < -0.4 is 11.1 Å². The molecule has 0 fully saturated rings. The standard InChI is InChI=1S/C41H34N2/c1-3-28(25-27(2)42)29-18-20-30(21-19-29)40-35-14-6-8-16-37(35)41(38-17-9-7-15-36(38)40)39-23-22-32(31-11-10-24-43-26-31)33-12-4-5-13-34(33)39/h3-23,25-26,43H,24,42H2,1-2H3/b27-25-,28-3+. The third-order valence-corrected chi connectivity index (χ3v) is 8.43. The second-order valence-electron chi connectivity index (χ2n) is 11.2. The molecule has 0 unspecified atom stereocenters. The van der Waals surface area contributed by atoms with Gasteiger partial charge in [-0.25, -0.2) is 0 Å². The van der Waals surface area contributed by atoms with E-state index in [-0.39, 0.29) is 0 Å². The minimum atomic E-state index is 0.800. The number of rotatable bonds is 5. The molecule has 0 aliphatic carbocycles. The highest BCUT2D eigenvalue weighted by Gasteiger charge is 2.19. The molecule has 7 rings (SSSR count). The summed E-state index contributed by atoms with van der Waals surface area (Å²) in [5.74, 6) is 0. The van der Waals surface area contributed by atoms with Crippen molar-refractivity contribution in [1.82, 2.24) is 5.32 Å². The molecule has 0 amide bonds. The lowest BCUT2D eigenvalue weighted by molar-refractivity contribution is 0.977. The summed E-state index contributed by atoms with van der Waals surface area (Å²) in [6, 6.07) is 40.0. The van der Waals surface area contributed by atoms with Crippen LogP contribution in [0.5, 0.6) is 0 Å². The first-order valence-corrected chi connectivity index (χ1v) is 14.9. The van der Waals surface area contributed by atoms with Crippen LogP contribution in [-0.2, 0) is 0 Å². The zero-order valence-electron chi connectivity index (χ0n) is 24.6. The van der Waals surface area contributed by atoms with Crippen LogP contribution >= 0.6 is 0 Å². The second kappa shape index (κ2) is 11.2. The molecule has 1 heterocycles. The first kappa shape index (κ1) is 26.6. The Labute approximate surface area is 253 Å². The van der Waals surface area contributed by atoms with Crippen LogP contribution in [0.4, 0.5) is 0 Å². The Kier molecular flexibility index (Phi) is 6.89. The molecule has 0 bridgehead atoms. The third kappa shape index (κ3) is 4.71. The molecule has 0 atom stereocenters. The highest BCUT2D eigenvalue weighted by molar-refractivity contribution is 6.24. The predicted octanol–water partition coefficient (Wildman–Crippen LogP) is 10.2. The number of nitrogens with one attached hydrogen (secondary N) is 1. The Balaban J connectivity index is 1.49. The minimum absolute atomic E-state index is 0.800. The van der Waals surface area contributed by atoms with E-state index < -0.39 is 0 Å². The molecule has 3 N–H and O–H groups in total. The number of nitrogens with two attached hydrogens (primary N) is 1. The molecular formula is C41H34N2. The molecule has 1 aliphatic rings. The molecule has 1 aliphatic heterocycles. The fourth-order valence-electron chi connectivity index (χ4n) is 6.54. The Bertz CT molecular complexity index is 2080. The maximum atomic E-state index is 6.01. The van der Waals surface area contributed by atoms with Crippen LogP contribution in [0, 0.1) is 0 Å². The average Bonchev–Trinajstić information content (AvgIpc) is 3.06. The van der Waals surface area contributed by atoms with Crippen molar-refractivity contribution in [1.29, 1.82) is 0 Å². The van der Waals surface area contributed by atoms with Gasteiger partial charge in [-0.15, -0.1) is 0 Å². The van der Waals surface area contributed by atoms with E-state index in [9.17, 15) is 0 Å². The Hall–Kier alpha value is -5.34. The molecular weight excluding hydrogens is 520 g/mol. The lowest BCUT2D eigenvalue weighted by Gasteiger charge is -2.20. The molecule has 0 saturated heterocycles. The van der Waals surface area contributed by atoms with Crippen molar-refractivity contribution in [3.05, 3.63) is 157 Å². The average molecular weight is 555 g/mol. The van der Waals surface area contributed by atoms with E-state index in [2.05, 4.69) is 146 Å². The number of hydrogen-bond acceptors (Lipinski definition) is 2. The van der Waals surface area contributed by atoms with Crippen molar-refractivity contribution < 1.29 is 0 Å². The van der Waals surface area contributed by atoms with E-state index in [0.717, 1.165) is 23.4 Å². The zero-order valence-corrected chi connectivity index (χ0v) is 24.6. The molecule has 0 aromatic heterocycles. The Morgan fingerprint density at radius 1 is 0.651 bits per heavy atom. The fourth-order valence-corrected chi connectivity index (χ4v) is 6.54. The van der Waals surface area contributed by atoms with Crippen LogP contribution in [0.3, 0.4) is 0 Å². The first-order chi connectivity index (χ1) is 21.1. The summed E-state index contributed by atoms with van der Waals surface area (Å²) in [4.78, 5) is 0. The van der Waals surface area contributed by atoms with Gasteiger partial charge in [0.05, 0.1) is 0 Å². The van der Waals surface area contributed by atoms with E-state index in [1.165, 1.54) is 65.7 Å². The lowest BCUT2D eigenvalue weighted by atomic mass is 9.83. The fraction of sp³-hybridized carbons (Fsp3) is 0.0732. The number of dihydropyridines is 1. The summed E-state index contributed by atoms with van der Waals surface area (Å²) < 4.78 is 0. The van der Waals surface area contributed by atoms with Crippen LogP contribution in [0.25, 0.3) is 65.7 Å². The highest BCUT2D eigenvalue weighted by Crippen LogP contribution is 2.46. The topological polar surface area (TPSA) is 38.0 Å². The van der Waals surface area contributed by atoms with E-state index >= 15 is 0 Å². The summed E-state index contributed by atoms with van der Waals surface area (Å²) in [6.07, 6.45) is 10.7. The Morgan fingerprint density at radius 2 is 1.19 bits per heavy atom. The highest BCUT2D eigenvalue weighted by atomic mass is 14.8. The van der Waals surface area contributed by atoms with E-state index in [1.54, 1.807) is 0 Å². The minimum Gasteiger partial charge on any atom is -0.402 e. The van der Waals surface area contributed by atoms with Gasteiger partial charge in [0.2, 0.25) is 0 Å².